The van der Waals surface area contributed by atoms with Gasteiger partial charge in [0.15, 0.2) is 12.0 Å². The average Bonchev–Trinajstić information content (AvgIpc) is 2.61. The quantitative estimate of drug-likeness (QED) is 0.365. The van der Waals surface area contributed by atoms with Crippen molar-refractivity contribution in [2.24, 2.45) is 0 Å². The molecule has 3 N–H and O–H groups in total. The Morgan fingerprint density at radius 3 is 2.40 bits per heavy atom. The number of nitrogens with zero attached hydrogens (tertiary/aromatic N) is 1. The van der Waals surface area contributed by atoms with Crippen LogP contribution in [0.5, 0.6) is 0 Å². The van der Waals surface area contributed by atoms with Gasteiger partial charge in [0.1, 0.15) is 17.3 Å². The molecule has 1 heterocycles. The standard InChI is InChI=1S/C20H17F2N3O4S/c1-11-9-13(24-30(2,28)29)4-6-14(11)19-18(23)16(7-8-25(19)27)20(26)15-5-3-12(21)10-17(15)22/h3-10,24H,23H2,1-2H3. The number of carbonyl (C=O) groups is 1. The third-order valence-electron chi connectivity index (χ3n) is 4.35. The normalized spacial score (nSPS) is 11.3. The number of anilines is 2. The van der Waals surface area contributed by atoms with Gasteiger partial charge in [0.05, 0.1) is 22.9 Å². The van der Waals surface area contributed by atoms with Crippen LogP contribution in [0.3, 0.4) is 0 Å². The zero-order chi connectivity index (χ0) is 22.2. The number of aromatic nitrogens is 1. The largest absolute Gasteiger partial charge is 0.618 e. The minimum Gasteiger partial charge on any atom is -0.618 e. The van der Waals surface area contributed by atoms with Crippen LogP contribution in [0.2, 0.25) is 0 Å². The highest BCUT2D eigenvalue weighted by Gasteiger charge is 2.25. The number of halogens is 2. The predicted molar refractivity (Wildman–Crippen MR) is 108 cm³/mol. The first-order valence-electron chi connectivity index (χ1n) is 8.58. The van der Waals surface area contributed by atoms with Crippen molar-refractivity contribution >= 4 is 27.2 Å². The monoisotopic (exact) mass is 433 g/mol. The Kier molecular flexibility index (Phi) is 5.45. The van der Waals surface area contributed by atoms with Gasteiger partial charge < -0.3 is 10.9 Å². The summed E-state index contributed by atoms with van der Waals surface area (Å²) in [5, 5.41) is 12.4. The number of carbonyl (C=O) groups excluding carboxylic acids is 1. The van der Waals surface area contributed by atoms with E-state index in [1.165, 1.54) is 18.2 Å². The van der Waals surface area contributed by atoms with Crippen LogP contribution in [0.25, 0.3) is 11.3 Å². The summed E-state index contributed by atoms with van der Waals surface area (Å²) in [5.74, 6) is -2.69. The highest BCUT2D eigenvalue weighted by atomic mass is 32.2. The number of pyridine rings is 1. The second-order valence-electron chi connectivity index (χ2n) is 6.67. The molecule has 0 aliphatic heterocycles. The topological polar surface area (TPSA) is 116 Å². The van der Waals surface area contributed by atoms with Crippen LogP contribution in [0.15, 0.2) is 48.7 Å². The lowest BCUT2D eigenvalue weighted by Gasteiger charge is -2.14. The van der Waals surface area contributed by atoms with E-state index < -0.39 is 27.4 Å². The molecule has 1 aromatic heterocycles. The molecule has 7 nitrogen and oxygen atoms in total. The molecule has 0 amide bonds. The third kappa shape index (κ3) is 4.23. The number of ketones is 1. The summed E-state index contributed by atoms with van der Waals surface area (Å²) in [5.41, 5.74) is 6.50. The highest BCUT2D eigenvalue weighted by molar-refractivity contribution is 7.92. The number of nitrogens with one attached hydrogen (secondary N) is 1. The van der Waals surface area contributed by atoms with Crippen molar-refractivity contribution in [2.45, 2.75) is 6.92 Å². The predicted octanol–water partition coefficient (Wildman–Crippen LogP) is 2.76. The maximum atomic E-state index is 14.0. The maximum absolute atomic E-state index is 14.0. The van der Waals surface area contributed by atoms with Gasteiger partial charge in [-0.05, 0) is 42.8 Å². The Balaban J connectivity index is 2.10. The number of aryl methyl sites for hydroxylation is 1. The summed E-state index contributed by atoms with van der Waals surface area (Å²) in [6.45, 7) is 1.64. The van der Waals surface area contributed by atoms with Crippen molar-refractivity contribution in [1.82, 2.24) is 0 Å². The van der Waals surface area contributed by atoms with Crippen molar-refractivity contribution in [1.29, 1.82) is 0 Å². The van der Waals surface area contributed by atoms with E-state index in [1.54, 1.807) is 6.92 Å². The van der Waals surface area contributed by atoms with Gasteiger partial charge in [-0.3, -0.25) is 9.52 Å². The molecule has 0 saturated heterocycles. The number of nitrogen functional groups attached to an aromatic ring is 1. The fraction of sp³-hybridized carbons (Fsp3) is 0.100. The van der Waals surface area contributed by atoms with Crippen LogP contribution in [0, 0.1) is 23.8 Å². The second kappa shape index (κ2) is 7.71. The number of nitrogens with two attached hydrogens (primary N) is 1. The van der Waals surface area contributed by atoms with E-state index in [0.29, 0.717) is 21.9 Å². The second-order valence-corrected chi connectivity index (χ2v) is 8.42. The summed E-state index contributed by atoms with van der Waals surface area (Å²) >= 11 is 0. The average molecular weight is 433 g/mol. The van der Waals surface area contributed by atoms with Crippen LogP contribution in [-0.4, -0.2) is 20.5 Å². The maximum Gasteiger partial charge on any atom is 0.247 e. The molecule has 0 radical (unpaired) electrons. The van der Waals surface area contributed by atoms with Gasteiger partial charge in [-0.2, -0.15) is 4.73 Å². The lowest BCUT2D eigenvalue weighted by Crippen LogP contribution is -2.31. The highest BCUT2D eigenvalue weighted by Crippen LogP contribution is 2.31. The Labute approximate surface area is 171 Å². The van der Waals surface area contributed by atoms with E-state index >= 15 is 0 Å². The molecule has 0 atom stereocenters. The van der Waals surface area contributed by atoms with E-state index in [-0.39, 0.29) is 28.2 Å². The molecule has 156 valence electrons. The third-order valence-corrected chi connectivity index (χ3v) is 4.95. The number of hydrogen-bond acceptors (Lipinski definition) is 5. The first-order valence-corrected chi connectivity index (χ1v) is 10.5. The minimum absolute atomic E-state index is 0.0493. The number of sulfonamides is 1. The van der Waals surface area contributed by atoms with E-state index in [4.69, 9.17) is 5.73 Å². The molecule has 0 spiro atoms. The van der Waals surface area contributed by atoms with Crippen LogP contribution in [-0.2, 0) is 10.0 Å². The molecule has 0 aliphatic carbocycles. The van der Waals surface area contributed by atoms with Crippen LogP contribution < -0.4 is 15.2 Å². The Hall–Kier alpha value is -3.53. The first kappa shape index (κ1) is 21.2. The molecule has 0 saturated carbocycles. The Morgan fingerprint density at radius 1 is 1.10 bits per heavy atom. The van der Waals surface area contributed by atoms with E-state index in [2.05, 4.69) is 4.72 Å². The molecule has 3 aromatic rings. The molecule has 0 fully saturated rings. The summed E-state index contributed by atoms with van der Waals surface area (Å²) in [6.07, 6.45) is 2.06. The van der Waals surface area contributed by atoms with Gasteiger partial charge >= 0.3 is 0 Å². The molecule has 0 unspecified atom stereocenters. The summed E-state index contributed by atoms with van der Waals surface area (Å²) in [7, 11) is -3.49. The molecular formula is C20H17F2N3O4S. The van der Waals surface area contributed by atoms with Gasteiger partial charge in [0.2, 0.25) is 15.7 Å². The molecule has 0 bridgehead atoms. The minimum atomic E-state index is -3.49. The zero-order valence-corrected chi connectivity index (χ0v) is 16.8. The Bertz CT molecular complexity index is 1280. The van der Waals surface area contributed by atoms with Gasteiger partial charge in [-0.1, -0.05) is 0 Å². The van der Waals surface area contributed by atoms with Crippen molar-refractivity contribution in [3.05, 3.63) is 82.2 Å². The van der Waals surface area contributed by atoms with Crippen LogP contribution in [0.4, 0.5) is 20.2 Å². The number of rotatable bonds is 5. The van der Waals surface area contributed by atoms with E-state index in [1.807, 2.05) is 0 Å². The Morgan fingerprint density at radius 2 is 1.80 bits per heavy atom. The fourth-order valence-corrected chi connectivity index (χ4v) is 3.60. The molecule has 2 aromatic carbocycles. The van der Waals surface area contributed by atoms with Crippen LogP contribution >= 0.6 is 0 Å². The first-order chi connectivity index (χ1) is 14.0. The van der Waals surface area contributed by atoms with Crippen molar-refractivity contribution < 1.29 is 26.7 Å². The van der Waals surface area contributed by atoms with Crippen LogP contribution in [0.1, 0.15) is 21.5 Å². The van der Waals surface area contributed by atoms with Gasteiger partial charge in [0.25, 0.3) is 0 Å². The van der Waals surface area contributed by atoms with Crippen molar-refractivity contribution in [2.75, 3.05) is 16.7 Å². The molecule has 10 heteroatoms. The van der Waals surface area contributed by atoms with E-state index in [0.717, 1.165) is 30.7 Å². The summed E-state index contributed by atoms with van der Waals surface area (Å²) < 4.78 is 52.8. The van der Waals surface area contributed by atoms with E-state index in [9.17, 15) is 27.2 Å². The zero-order valence-electron chi connectivity index (χ0n) is 15.9. The SMILES string of the molecule is Cc1cc(NS(C)(=O)=O)ccc1-c1c(N)c(C(=O)c2ccc(F)cc2F)cc[n+]1[O-]. The van der Waals surface area contributed by atoms with Gasteiger partial charge in [-0.25, -0.2) is 17.2 Å². The van der Waals surface area contributed by atoms with Crippen molar-refractivity contribution in [3.63, 3.8) is 0 Å². The lowest BCUT2D eigenvalue weighted by atomic mass is 9.97. The molecular weight excluding hydrogens is 416 g/mol. The fourth-order valence-electron chi connectivity index (χ4n) is 3.04. The van der Waals surface area contributed by atoms with Gasteiger partial charge in [0, 0.05) is 17.8 Å². The molecule has 3 rings (SSSR count). The summed E-state index contributed by atoms with van der Waals surface area (Å²) in [6, 6.07) is 8.12. The van der Waals surface area contributed by atoms with Crippen molar-refractivity contribution in [3.8, 4) is 11.3 Å². The molecule has 0 aliphatic rings. The smallest absolute Gasteiger partial charge is 0.247 e. The van der Waals surface area contributed by atoms with Gasteiger partial charge in [-0.15, -0.1) is 0 Å². The summed E-state index contributed by atoms with van der Waals surface area (Å²) in [4.78, 5) is 12.8. The molecule has 30 heavy (non-hydrogen) atoms. The number of benzene rings is 2. The lowest BCUT2D eigenvalue weighted by molar-refractivity contribution is -0.593. The number of hydrogen-bond donors (Lipinski definition) is 2.